The van der Waals surface area contributed by atoms with Crippen molar-refractivity contribution >= 4 is 11.8 Å². The lowest BCUT2D eigenvalue weighted by Gasteiger charge is -2.19. The highest BCUT2D eigenvalue weighted by Crippen LogP contribution is 2.47. The van der Waals surface area contributed by atoms with Gasteiger partial charge in [-0.25, -0.2) is 9.37 Å². The van der Waals surface area contributed by atoms with E-state index in [9.17, 15) is 4.39 Å². The molecule has 5 nitrogen and oxygen atoms in total. The van der Waals surface area contributed by atoms with Crippen molar-refractivity contribution in [1.82, 2.24) is 15.6 Å². The molecule has 1 heterocycles. The van der Waals surface area contributed by atoms with Crippen molar-refractivity contribution in [3.05, 3.63) is 59.5 Å². The normalized spacial score (nSPS) is 15.5. The Labute approximate surface area is 154 Å². The molecule has 3 rings (SSSR count). The number of benzene rings is 1. The van der Waals surface area contributed by atoms with Crippen molar-refractivity contribution in [2.24, 2.45) is 4.99 Å². The number of anilines is 1. The molecule has 1 aliphatic rings. The molecule has 26 heavy (non-hydrogen) atoms. The molecule has 0 atom stereocenters. The summed E-state index contributed by atoms with van der Waals surface area (Å²) in [5.41, 5.74) is 2.22. The van der Waals surface area contributed by atoms with Gasteiger partial charge in [-0.05, 0) is 48.2 Å². The average Bonchev–Trinajstić information content (AvgIpc) is 3.43. The molecule has 1 aromatic heterocycles. The largest absolute Gasteiger partial charge is 0.363 e. The highest BCUT2D eigenvalue weighted by Gasteiger charge is 2.44. The summed E-state index contributed by atoms with van der Waals surface area (Å²) in [5, 5.41) is 6.72. The summed E-state index contributed by atoms with van der Waals surface area (Å²) in [7, 11) is 5.71. The average molecular weight is 355 g/mol. The summed E-state index contributed by atoms with van der Waals surface area (Å²) in [6.07, 6.45) is 3.94. The molecule has 138 valence electrons. The van der Waals surface area contributed by atoms with Crippen molar-refractivity contribution in [2.75, 3.05) is 32.6 Å². The predicted octanol–water partition coefficient (Wildman–Crippen LogP) is 2.68. The van der Waals surface area contributed by atoms with Crippen LogP contribution in [0.15, 0.2) is 47.6 Å². The van der Waals surface area contributed by atoms with E-state index < -0.39 is 0 Å². The zero-order chi connectivity index (χ0) is 18.6. The Balaban J connectivity index is 1.56. The number of nitrogens with zero attached hydrogens (tertiary/aromatic N) is 3. The van der Waals surface area contributed by atoms with E-state index in [1.54, 1.807) is 19.2 Å². The van der Waals surface area contributed by atoms with Gasteiger partial charge in [0.1, 0.15) is 11.6 Å². The number of aliphatic imine (C=N–C) groups is 1. The van der Waals surface area contributed by atoms with Gasteiger partial charge in [-0.1, -0.05) is 12.1 Å². The molecule has 1 fully saturated rings. The first-order valence-corrected chi connectivity index (χ1v) is 8.85. The number of guanidine groups is 1. The third kappa shape index (κ3) is 4.31. The fourth-order valence-electron chi connectivity index (χ4n) is 3.01. The van der Waals surface area contributed by atoms with E-state index in [1.807, 2.05) is 37.3 Å². The lowest BCUT2D eigenvalue weighted by molar-refractivity contribution is 0.607. The third-order valence-corrected chi connectivity index (χ3v) is 4.84. The first kappa shape index (κ1) is 18.2. The second-order valence-corrected chi connectivity index (χ2v) is 6.99. The van der Waals surface area contributed by atoms with E-state index in [-0.39, 0.29) is 11.2 Å². The van der Waals surface area contributed by atoms with Crippen molar-refractivity contribution < 1.29 is 4.39 Å². The molecule has 1 aliphatic carbocycles. The molecule has 0 unspecified atom stereocenters. The Morgan fingerprint density at radius 3 is 2.69 bits per heavy atom. The number of hydrogen-bond donors (Lipinski definition) is 2. The van der Waals surface area contributed by atoms with Crippen LogP contribution in [0, 0.1) is 5.82 Å². The zero-order valence-corrected chi connectivity index (χ0v) is 15.6. The van der Waals surface area contributed by atoms with E-state index in [2.05, 4.69) is 26.7 Å². The van der Waals surface area contributed by atoms with Gasteiger partial charge in [-0.15, -0.1) is 0 Å². The van der Waals surface area contributed by atoms with Crippen LogP contribution in [-0.2, 0) is 12.0 Å². The molecule has 2 aromatic rings. The molecule has 1 aromatic carbocycles. The van der Waals surface area contributed by atoms with Gasteiger partial charge in [-0.2, -0.15) is 0 Å². The van der Waals surface area contributed by atoms with Gasteiger partial charge in [0.05, 0.1) is 0 Å². The molecule has 0 aliphatic heterocycles. The maximum Gasteiger partial charge on any atom is 0.191 e. The van der Waals surface area contributed by atoms with Crippen LogP contribution < -0.4 is 15.5 Å². The number of hydrogen-bond acceptors (Lipinski definition) is 3. The van der Waals surface area contributed by atoms with Crippen molar-refractivity contribution in [3.8, 4) is 0 Å². The molecule has 2 N–H and O–H groups in total. The van der Waals surface area contributed by atoms with Gasteiger partial charge in [0, 0.05) is 45.8 Å². The van der Waals surface area contributed by atoms with Gasteiger partial charge in [0.25, 0.3) is 0 Å². The number of pyridine rings is 1. The summed E-state index contributed by atoms with van der Waals surface area (Å²) < 4.78 is 13.5. The minimum atomic E-state index is -0.175. The monoisotopic (exact) mass is 355 g/mol. The molecular weight excluding hydrogens is 329 g/mol. The van der Waals surface area contributed by atoms with Crippen LogP contribution in [-0.4, -0.2) is 38.6 Å². The topological polar surface area (TPSA) is 52.6 Å². The Bertz CT molecular complexity index is 783. The summed E-state index contributed by atoms with van der Waals surface area (Å²) in [5.74, 6) is 1.50. The van der Waals surface area contributed by atoms with Crippen LogP contribution in [0.25, 0.3) is 0 Å². The van der Waals surface area contributed by atoms with Crippen molar-refractivity contribution in [1.29, 1.82) is 0 Å². The van der Waals surface area contributed by atoms with Crippen LogP contribution >= 0.6 is 0 Å². The highest BCUT2D eigenvalue weighted by atomic mass is 19.1. The van der Waals surface area contributed by atoms with Gasteiger partial charge >= 0.3 is 0 Å². The van der Waals surface area contributed by atoms with Crippen LogP contribution in [0.3, 0.4) is 0 Å². The first-order valence-electron chi connectivity index (χ1n) is 8.85. The van der Waals surface area contributed by atoms with E-state index >= 15 is 0 Å². The minimum Gasteiger partial charge on any atom is -0.363 e. The van der Waals surface area contributed by atoms with E-state index in [4.69, 9.17) is 0 Å². The lowest BCUT2D eigenvalue weighted by Crippen LogP contribution is -2.40. The van der Waals surface area contributed by atoms with Crippen molar-refractivity contribution in [3.63, 3.8) is 0 Å². The molecule has 0 saturated heterocycles. The number of rotatable bonds is 6. The molecule has 0 amide bonds. The highest BCUT2D eigenvalue weighted by molar-refractivity contribution is 5.79. The van der Waals surface area contributed by atoms with Gasteiger partial charge in [0.15, 0.2) is 5.96 Å². The number of aromatic nitrogens is 1. The first-order chi connectivity index (χ1) is 12.5. The molecule has 1 saturated carbocycles. The summed E-state index contributed by atoms with van der Waals surface area (Å²) in [6.45, 7) is 1.41. The Morgan fingerprint density at radius 1 is 1.23 bits per heavy atom. The predicted molar refractivity (Wildman–Crippen MR) is 104 cm³/mol. The summed E-state index contributed by atoms with van der Waals surface area (Å²) >= 11 is 0. The third-order valence-electron chi connectivity index (χ3n) is 4.84. The lowest BCUT2D eigenvalue weighted by atomic mass is 9.96. The van der Waals surface area contributed by atoms with Crippen LogP contribution in [0.5, 0.6) is 0 Å². The zero-order valence-electron chi connectivity index (χ0n) is 15.6. The Morgan fingerprint density at radius 2 is 2.04 bits per heavy atom. The standard InChI is InChI=1S/C20H26FN5/c1-22-19(24-13-15-7-10-23-18(11-15)26(2)3)25-14-20(8-9-20)16-5-4-6-17(21)12-16/h4-7,10-12H,8-9,13-14H2,1-3H3,(H2,22,24,25). The molecule has 0 spiro atoms. The fourth-order valence-corrected chi connectivity index (χ4v) is 3.01. The quantitative estimate of drug-likeness (QED) is 0.618. The SMILES string of the molecule is CN=C(NCc1ccnc(N(C)C)c1)NCC1(c2cccc(F)c2)CC1. The fraction of sp³-hybridized carbons (Fsp3) is 0.400. The van der Waals surface area contributed by atoms with Gasteiger partial charge in [0.2, 0.25) is 0 Å². The molecule has 0 bridgehead atoms. The van der Waals surface area contributed by atoms with Crippen LogP contribution in [0.1, 0.15) is 24.0 Å². The van der Waals surface area contributed by atoms with Crippen LogP contribution in [0.4, 0.5) is 10.2 Å². The molecule has 6 heteroatoms. The maximum absolute atomic E-state index is 13.5. The maximum atomic E-state index is 13.5. The minimum absolute atomic E-state index is 0.0223. The number of nitrogens with one attached hydrogen (secondary N) is 2. The second kappa shape index (κ2) is 7.72. The molecular formula is C20H26FN5. The van der Waals surface area contributed by atoms with E-state index in [0.29, 0.717) is 6.54 Å². The smallest absolute Gasteiger partial charge is 0.191 e. The van der Waals surface area contributed by atoms with Gasteiger partial charge < -0.3 is 15.5 Å². The van der Waals surface area contributed by atoms with Gasteiger partial charge in [-0.3, -0.25) is 4.99 Å². The Hall–Kier alpha value is -2.63. The van der Waals surface area contributed by atoms with E-state index in [1.165, 1.54) is 6.07 Å². The number of halogens is 1. The Kier molecular flexibility index (Phi) is 5.40. The summed E-state index contributed by atoms with van der Waals surface area (Å²) in [4.78, 5) is 10.6. The summed E-state index contributed by atoms with van der Waals surface area (Å²) in [6, 6.07) is 11.0. The molecule has 0 radical (unpaired) electrons. The second-order valence-electron chi connectivity index (χ2n) is 6.99. The van der Waals surface area contributed by atoms with Crippen LogP contribution in [0.2, 0.25) is 0 Å². The van der Waals surface area contributed by atoms with E-state index in [0.717, 1.165) is 42.3 Å². The van der Waals surface area contributed by atoms with Crippen molar-refractivity contribution in [2.45, 2.75) is 24.8 Å².